The van der Waals surface area contributed by atoms with Gasteiger partial charge in [-0.25, -0.2) is 4.98 Å². The molecule has 3 nitrogen and oxygen atoms in total. The third kappa shape index (κ3) is 3.87. The largest absolute Gasteiger partial charge is 0.312 e. The van der Waals surface area contributed by atoms with Gasteiger partial charge in [-0.1, -0.05) is 20.8 Å². The molecular weight excluding hydrogens is 334 g/mol. The summed E-state index contributed by atoms with van der Waals surface area (Å²) in [5.74, 6) is 0.609. The smallest absolute Gasteiger partial charge is 0.143 e. The average Bonchev–Trinajstić information content (AvgIpc) is 2.79. The van der Waals surface area contributed by atoms with Crippen molar-refractivity contribution < 1.29 is 0 Å². The normalized spacial score (nSPS) is 11.2. The molecule has 0 aromatic carbocycles. The molecule has 2 rings (SSSR count). The van der Waals surface area contributed by atoms with E-state index in [0.717, 1.165) is 34.7 Å². The van der Waals surface area contributed by atoms with E-state index < -0.39 is 0 Å². The average molecular weight is 354 g/mol. The lowest BCUT2D eigenvalue weighted by molar-refractivity contribution is 0.627. The molecule has 0 radical (unpaired) electrons. The van der Waals surface area contributed by atoms with Gasteiger partial charge >= 0.3 is 0 Å². The SMILES string of the molecule is CCNCc1sc(-c2ncccc2Br)nc1CC(C)C. The second kappa shape index (κ2) is 7.29. The van der Waals surface area contributed by atoms with Crippen LogP contribution in [0.5, 0.6) is 0 Å². The van der Waals surface area contributed by atoms with Crippen LogP contribution >= 0.6 is 27.3 Å². The van der Waals surface area contributed by atoms with Crippen molar-refractivity contribution in [2.75, 3.05) is 6.54 Å². The first-order chi connectivity index (χ1) is 9.61. The van der Waals surface area contributed by atoms with E-state index in [1.54, 1.807) is 11.3 Å². The molecule has 0 saturated carbocycles. The minimum absolute atomic E-state index is 0.609. The van der Waals surface area contributed by atoms with Crippen LogP contribution in [0.3, 0.4) is 0 Å². The monoisotopic (exact) mass is 353 g/mol. The molecule has 20 heavy (non-hydrogen) atoms. The topological polar surface area (TPSA) is 37.8 Å². The summed E-state index contributed by atoms with van der Waals surface area (Å²) in [7, 11) is 0. The zero-order chi connectivity index (χ0) is 14.5. The quantitative estimate of drug-likeness (QED) is 0.842. The van der Waals surface area contributed by atoms with Crippen LogP contribution in [0, 0.1) is 5.92 Å². The van der Waals surface area contributed by atoms with Crippen LogP contribution in [0.15, 0.2) is 22.8 Å². The third-order valence-electron chi connectivity index (χ3n) is 2.88. The van der Waals surface area contributed by atoms with Gasteiger partial charge in [0.1, 0.15) is 10.7 Å². The van der Waals surface area contributed by atoms with Crippen molar-refractivity contribution in [2.24, 2.45) is 5.92 Å². The molecule has 0 amide bonds. The number of nitrogens with zero attached hydrogens (tertiary/aromatic N) is 2. The summed E-state index contributed by atoms with van der Waals surface area (Å²) in [5.41, 5.74) is 2.14. The number of hydrogen-bond acceptors (Lipinski definition) is 4. The van der Waals surface area contributed by atoms with Crippen molar-refractivity contribution in [3.63, 3.8) is 0 Å². The van der Waals surface area contributed by atoms with E-state index in [-0.39, 0.29) is 0 Å². The van der Waals surface area contributed by atoms with Crippen LogP contribution in [-0.2, 0) is 13.0 Å². The fraction of sp³-hybridized carbons (Fsp3) is 0.467. The van der Waals surface area contributed by atoms with Gasteiger partial charge < -0.3 is 5.32 Å². The first kappa shape index (κ1) is 15.6. The van der Waals surface area contributed by atoms with Gasteiger partial charge in [0.15, 0.2) is 0 Å². The van der Waals surface area contributed by atoms with E-state index in [0.29, 0.717) is 5.92 Å². The van der Waals surface area contributed by atoms with Gasteiger partial charge in [0.05, 0.1) is 5.69 Å². The van der Waals surface area contributed by atoms with Crippen molar-refractivity contribution in [3.05, 3.63) is 33.4 Å². The van der Waals surface area contributed by atoms with Gasteiger partial charge in [0, 0.05) is 22.1 Å². The van der Waals surface area contributed by atoms with Crippen molar-refractivity contribution in [3.8, 4) is 10.7 Å². The summed E-state index contributed by atoms with van der Waals surface area (Å²) in [5, 5.41) is 4.40. The summed E-state index contributed by atoms with van der Waals surface area (Å²) < 4.78 is 1.000. The zero-order valence-corrected chi connectivity index (χ0v) is 14.5. The summed E-state index contributed by atoms with van der Waals surface area (Å²) in [4.78, 5) is 10.6. The van der Waals surface area contributed by atoms with Crippen molar-refractivity contribution >= 4 is 27.3 Å². The fourth-order valence-electron chi connectivity index (χ4n) is 1.95. The number of nitrogens with one attached hydrogen (secondary N) is 1. The van der Waals surface area contributed by atoms with Crippen LogP contribution in [0.25, 0.3) is 10.7 Å². The number of aromatic nitrogens is 2. The van der Waals surface area contributed by atoms with Gasteiger partial charge in [-0.3, -0.25) is 4.98 Å². The number of halogens is 1. The van der Waals surface area contributed by atoms with Crippen molar-refractivity contribution in [1.82, 2.24) is 15.3 Å². The first-order valence-corrected chi connectivity index (χ1v) is 8.53. The summed E-state index contributed by atoms with van der Waals surface area (Å²) in [6, 6.07) is 3.94. The Morgan fingerprint density at radius 1 is 1.40 bits per heavy atom. The van der Waals surface area contributed by atoms with Crippen LogP contribution in [-0.4, -0.2) is 16.5 Å². The second-order valence-electron chi connectivity index (χ2n) is 5.10. The molecule has 2 aromatic rings. The predicted octanol–water partition coefficient (Wildman–Crippen LogP) is 4.28. The highest BCUT2D eigenvalue weighted by molar-refractivity contribution is 9.10. The van der Waals surface area contributed by atoms with E-state index in [4.69, 9.17) is 4.98 Å². The summed E-state index contributed by atoms with van der Waals surface area (Å²) >= 11 is 5.30. The molecular formula is C15H20BrN3S. The van der Waals surface area contributed by atoms with Crippen LogP contribution in [0.4, 0.5) is 0 Å². The molecule has 0 unspecified atom stereocenters. The Morgan fingerprint density at radius 2 is 2.20 bits per heavy atom. The molecule has 0 aliphatic carbocycles. The molecule has 2 heterocycles. The maximum atomic E-state index is 4.82. The Bertz CT molecular complexity index is 566. The number of rotatable bonds is 6. The van der Waals surface area contributed by atoms with Crippen molar-refractivity contribution in [1.29, 1.82) is 0 Å². The van der Waals surface area contributed by atoms with Gasteiger partial charge in [-0.05, 0) is 46.9 Å². The Morgan fingerprint density at radius 3 is 2.85 bits per heavy atom. The molecule has 0 aliphatic rings. The van der Waals surface area contributed by atoms with Gasteiger partial charge in [0.2, 0.25) is 0 Å². The lowest BCUT2D eigenvalue weighted by Gasteiger charge is -2.04. The Labute approximate surface area is 133 Å². The zero-order valence-electron chi connectivity index (χ0n) is 12.1. The maximum Gasteiger partial charge on any atom is 0.143 e. The summed E-state index contributed by atoms with van der Waals surface area (Å²) in [6.45, 7) is 8.45. The van der Waals surface area contributed by atoms with Crippen LogP contribution in [0.2, 0.25) is 0 Å². The number of hydrogen-bond donors (Lipinski definition) is 1. The molecule has 2 aromatic heterocycles. The second-order valence-corrected chi connectivity index (χ2v) is 7.04. The number of thiazole rings is 1. The molecule has 108 valence electrons. The Balaban J connectivity index is 2.35. The van der Waals surface area contributed by atoms with Gasteiger partial charge in [-0.2, -0.15) is 0 Å². The van der Waals surface area contributed by atoms with Crippen molar-refractivity contribution in [2.45, 2.75) is 33.7 Å². The van der Waals surface area contributed by atoms with Gasteiger partial charge in [-0.15, -0.1) is 11.3 Å². The maximum absolute atomic E-state index is 4.82. The number of pyridine rings is 1. The highest BCUT2D eigenvalue weighted by Crippen LogP contribution is 2.32. The molecule has 0 atom stereocenters. The first-order valence-electron chi connectivity index (χ1n) is 6.92. The highest BCUT2D eigenvalue weighted by atomic mass is 79.9. The molecule has 0 fully saturated rings. The lowest BCUT2D eigenvalue weighted by Crippen LogP contribution is -2.12. The minimum Gasteiger partial charge on any atom is -0.312 e. The van der Waals surface area contributed by atoms with E-state index in [9.17, 15) is 0 Å². The fourth-order valence-corrected chi connectivity index (χ4v) is 3.59. The molecule has 1 N–H and O–H groups in total. The standard InChI is InChI=1S/C15H20BrN3S/c1-4-17-9-13-12(8-10(2)3)19-15(20-13)14-11(16)6-5-7-18-14/h5-7,10,17H,4,8-9H2,1-3H3. The Kier molecular flexibility index (Phi) is 5.69. The predicted molar refractivity (Wildman–Crippen MR) is 89.0 cm³/mol. The van der Waals surface area contributed by atoms with E-state index in [1.807, 2.05) is 18.3 Å². The molecule has 5 heteroatoms. The molecule has 0 spiro atoms. The van der Waals surface area contributed by atoms with E-state index >= 15 is 0 Å². The van der Waals surface area contributed by atoms with Crippen LogP contribution in [0.1, 0.15) is 31.3 Å². The molecule has 0 saturated heterocycles. The summed E-state index contributed by atoms with van der Waals surface area (Å²) in [6.07, 6.45) is 2.83. The Hall–Kier alpha value is -0.780. The lowest BCUT2D eigenvalue weighted by atomic mass is 10.1. The highest BCUT2D eigenvalue weighted by Gasteiger charge is 2.15. The minimum atomic E-state index is 0.609. The van der Waals surface area contributed by atoms with E-state index in [1.165, 1.54) is 10.6 Å². The molecule has 0 bridgehead atoms. The van der Waals surface area contributed by atoms with E-state index in [2.05, 4.69) is 47.0 Å². The van der Waals surface area contributed by atoms with Crippen LogP contribution < -0.4 is 5.32 Å². The molecule has 0 aliphatic heterocycles. The van der Waals surface area contributed by atoms with Gasteiger partial charge in [0.25, 0.3) is 0 Å². The third-order valence-corrected chi connectivity index (χ3v) is 4.62.